The number of halogens is 1. The maximum absolute atomic E-state index is 6.38. The largest absolute Gasteiger partial charge is 0.493 e. The highest BCUT2D eigenvalue weighted by Crippen LogP contribution is 2.37. The van der Waals surface area contributed by atoms with Gasteiger partial charge in [-0.05, 0) is 25.5 Å². The van der Waals surface area contributed by atoms with Crippen molar-refractivity contribution < 1.29 is 9.47 Å². The van der Waals surface area contributed by atoms with E-state index in [1.807, 2.05) is 37.7 Å². The molecule has 0 saturated carbocycles. The van der Waals surface area contributed by atoms with Gasteiger partial charge in [0.25, 0.3) is 0 Å². The van der Waals surface area contributed by atoms with Crippen LogP contribution in [0.15, 0.2) is 12.1 Å². The maximum Gasteiger partial charge on any atom is 0.179 e. The topological polar surface area (TPSA) is 48.3 Å². The Bertz CT molecular complexity index is 653. The highest BCUT2D eigenvalue weighted by molar-refractivity contribution is 6.33. The summed E-state index contributed by atoms with van der Waals surface area (Å²) in [5.74, 6) is 1.18. The summed E-state index contributed by atoms with van der Waals surface area (Å²) in [4.78, 5) is 0. The summed E-state index contributed by atoms with van der Waals surface area (Å²) >= 11 is 6.38. The number of rotatable bonds is 5. The second kappa shape index (κ2) is 6.26. The molecule has 1 aromatic carbocycles. The van der Waals surface area contributed by atoms with Crippen molar-refractivity contribution >= 4 is 17.3 Å². The summed E-state index contributed by atoms with van der Waals surface area (Å²) in [6, 6.07) is 3.78. The van der Waals surface area contributed by atoms with Gasteiger partial charge in [0.1, 0.15) is 0 Å². The molecule has 0 aliphatic carbocycles. The van der Waals surface area contributed by atoms with Gasteiger partial charge in [-0.15, -0.1) is 0 Å². The number of hydrogen-bond donors (Lipinski definition) is 1. The molecule has 0 bridgehead atoms. The van der Waals surface area contributed by atoms with Gasteiger partial charge < -0.3 is 14.8 Å². The fourth-order valence-corrected chi connectivity index (χ4v) is 2.58. The Morgan fingerprint density at radius 1 is 1.24 bits per heavy atom. The molecule has 1 N–H and O–H groups in total. The second-order valence-corrected chi connectivity index (χ2v) is 5.18. The lowest BCUT2D eigenvalue weighted by Gasteiger charge is -2.14. The predicted octanol–water partition coefficient (Wildman–Crippen LogP) is 3.32. The molecule has 0 radical (unpaired) electrons. The zero-order valence-corrected chi connectivity index (χ0v) is 13.7. The number of hydrogen-bond acceptors (Lipinski definition) is 4. The Balaban J connectivity index is 2.24. The lowest BCUT2D eigenvalue weighted by molar-refractivity contribution is 0.355. The molecule has 21 heavy (non-hydrogen) atoms. The molecule has 0 saturated heterocycles. The van der Waals surface area contributed by atoms with Crippen LogP contribution in [-0.4, -0.2) is 24.0 Å². The number of nitrogens with one attached hydrogen (secondary N) is 1. The third-order valence-corrected chi connectivity index (χ3v) is 3.94. The van der Waals surface area contributed by atoms with E-state index in [0.717, 1.165) is 22.6 Å². The monoisotopic (exact) mass is 309 g/mol. The van der Waals surface area contributed by atoms with Gasteiger partial charge in [0.2, 0.25) is 0 Å². The number of benzene rings is 1. The van der Waals surface area contributed by atoms with Gasteiger partial charge in [-0.2, -0.15) is 5.10 Å². The Labute approximate surface area is 129 Å². The SMILES string of the molecule is COc1ccc(CNc2c(C)nn(C)c2C)c(Cl)c1OC. The van der Waals surface area contributed by atoms with Crippen molar-refractivity contribution in [3.63, 3.8) is 0 Å². The maximum atomic E-state index is 6.38. The van der Waals surface area contributed by atoms with E-state index in [2.05, 4.69) is 10.4 Å². The number of ether oxygens (including phenoxy) is 2. The first-order valence-corrected chi connectivity index (χ1v) is 7.00. The molecule has 2 rings (SSSR count). The Morgan fingerprint density at radius 3 is 2.48 bits per heavy atom. The van der Waals surface area contributed by atoms with E-state index in [1.165, 1.54) is 0 Å². The molecule has 0 spiro atoms. The Morgan fingerprint density at radius 2 is 1.95 bits per heavy atom. The van der Waals surface area contributed by atoms with Crippen LogP contribution in [0.2, 0.25) is 5.02 Å². The summed E-state index contributed by atoms with van der Waals surface area (Å²) < 4.78 is 12.4. The average Bonchev–Trinajstić information content (AvgIpc) is 2.71. The summed E-state index contributed by atoms with van der Waals surface area (Å²) in [5.41, 5.74) is 4.02. The van der Waals surface area contributed by atoms with Gasteiger partial charge in [-0.25, -0.2) is 0 Å². The molecule has 6 heteroatoms. The van der Waals surface area contributed by atoms with Gasteiger partial charge in [0.15, 0.2) is 11.5 Å². The van der Waals surface area contributed by atoms with Gasteiger partial charge >= 0.3 is 0 Å². The molecule has 1 aromatic heterocycles. The van der Waals surface area contributed by atoms with Crippen molar-refractivity contribution in [3.05, 3.63) is 34.1 Å². The first-order chi connectivity index (χ1) is 9.99. The van der Waals surface area contributed by atoms with E-state index in [-0.39, 0.29) is 0 Å². The number of aromatic nitrogens is 2. The molecule has 1 heterocycles. The van der Waals surface area contributed by atoms with E-state index in [1.54, 1.807) is 14.2 Å². The average molecular weight is 310 g/mol. The number of methoxy groups -OCH3 is 2. The molecule has 0 aliphatic heterocycles. The molecule has 0 atom stereocenters. The van der Waals surface area contributed by atoms with E-state index in [0.29, 0.717) is 23.1 Å². The normalized spacial score (nSPS) is 10.6. The van der Waals surface area contributed by atoms with Crippen LogP contribution in [0.3, 0.4) is 0 Å². The lowest BCUT2D eigenvalue weighted by Crippen LogP contribution is -2.03. The highest BCUT2D eigenvalue weighted by Gasteiger charge is 2.14. The summed E-state index contributed by atoms with van der Waals surface area (Å²) in [5, 5.41) is 8.33. The van der Waals surface area contributed by atoms with Crippen LogP contribution >= 0.6 is 11.6 Å². The van der Waals surface area contributed by atoms with E-state index in [9.17, 15) is 0 Å². The van der Waals surface area contributed by atoms with Gasteiger partial charge in [0, 0.05) is 13.6 Å². The zero-order chi connectivity index (χ0) is 15.6. The quantitative estimate of drug-likeness (QED) is 0.920. The summed E-state index contributed by atoms with van der Waals surface area (Å²) in [6.45, 7) is 4.59. The molecule has 0 unspecified atom stereocenters. The van der Waals surface area contributed by atoms with Crippen LogP contribution < -0.4 is 14.8 Å². The van der Waals surface area contributed by atoms with Crippen molar-refractivity contribution in [1.29, 1.82) is 0 Å². The van der Waals surface area contributed by atoms with Crippen LogP contribution in [0.5, 0.6) is 11.5 Å². The Kier molecular flexibility index (Phi) is 4.63. The third-order valence-electron chi connectivity index (χ3n) is 3.53. The minimum absolute atomic E-state index is 0.554. The van der Waals surface area contributed by atoms with E-state index >= 15 is 0 Å². The molecule has 2 aromatic rings. The van der Waals surface area contributed by atoms with Crippen molar-refractivity contribution in [2.24, 2.45) is 7.05 Å². The van der Waals surface area contributed by atoms with Crippen LogP contribution in [-0.2, 0) is 13.6 Å². The van der Waals surface area contributed by atoms with Crippen LogP contribution in [0, 0.1) is 13.8 Å². The Hall–Kier alpha value is -1.88. The van der Waals surface area contributed by atoms with Crippen LogP contribution in [0.4, 0.5) is 5.69 Å². The van der Waals surface area contributed by atoms with Gasteiger partial charge in [-0.3, -0.25) is 4.68 Å². The molecule has 0 amide bonds. The second-order valence-electron chi connectivity index (χ2n) is 4.80. The molecule has 0 aliphatic rings. The van der Waals surface area contributed by atoms with Crippen molar-refractivity contribution in [3.8, 4) is 11.5 Å². The molecular formula is C15H20ClN3O2. The van der Waals surface area contributed by atoms with Crippen molar-refractivity contribution in [2.75, 3.05) is 19.5 Å². The smallest absolute Gasteiger partial charge is 0.179 e. The first kappa shape index (κ1) is 15.5. The number of aryl methyl sites for hydroxylation is 2. The van der Waals surface area contributed by atoms with Gasteiger partial charge in [0.05, 0.1) is 36.3 Å². The van der Waals surface area contributed by atoms with Crippen LogP contribution in [0.1, 0.15) is 17.0 Å². The molecule has 5 nitrogen and oxygen atoms in total. The minimum atomic E-state index is 0.554. The standard InChI is InChI=1S/C15H20ClN3O2/c1-9-14(10(2)19(3)18-9)17-8-11-6-7-12(20-4)15(21-5)13(11)16/h6-7,17H,8H2,1-5H3. The lowest BCUT2D eigenvalue weighted by atomic mass is 10.2. The summed E-state index contributed by atoms with van der Waals surface area (Å²) in [6.07, 6.45) is 0. The van der Waals surface area contributed by atoms with E-state index < -0.39 is 0 Å². The van der Waals surface area contributed by atoms with Crippen molar-refractivity contribution in [2.45, 2.75) is 20.4 Å². The van der Waals surface area contributed by atoms with Crippen LogP contribution in [0.25, 0.3) is 0 Å². The predicted molar refractivity (Wildman–Crippen MR) is 84.6 cm³/mol. The highest BCUT2D eigenvalue weighted by atomic mass is 35.5. The third kappa shape index (κ3) is 2.93. The fraction of sp³-hybridized carbons (Fsp3) is 0.400. The van der Waals surface area contributed by atoms with Crippen molar-refractivity contribution in [1.82, 2.24) is 9.78 Å². The fourth-order valence-electron chi connectivity index (χ4n) is 2.28. The number of anilines is 1. The van der Waals surface area contributed by atoms with Gasteiger partial charge in [-0.1, -0.05) is 17.7 Å². The molecule has 0 fully saturated rings. The molecular weight excluding hydrogens is 290 g/mol. The summed E-state index contributed by atoms with van der Waals surface area (Å²) in [7, 11) is 5.10. The zero-order valence-electron chi connectivity index (χ0n) is 13.0. The first-order valence-electron chi connectivity index (χ1n) is 6.63. The minimum Gasteiger partial charge on any atom is -0.493 e. The van der Waals surface area contributed by atoms with E-state index in [4.69, 9.17) is 21.1 Å². The number of nitrogens with zero attached hydrogens (tertiary/aromatic N) is 2. The molecule has 114 valence electrons.